The van der Waals surface area contributed by atoms with Crippen LogP contribution in [0, 0.1) is 4.91 Å². The highest BCUT2D eigenvalue weighted by atomic mass is 16.5. The molecule has 0 aromatic heterocycles. The Bertz CT molecular complexity index is 654. The van der Waals surface area contributed by atoms with Gasteiger partial charge in [-0.05, 0) is 24.3 Å². The number of rotatable bonds is 5. The fourth-order valence-corrected chi connectivity index (χ4v) is 1.85. The van der Waals surface area contributed by atoms with Gasteiger partial charge in [-0.15, -0.1) is 4.91 Å². The first-order valence-corrected chi connectivity index (χ1v) is 6.30. The van der Waals surface area contributed by atoms with Crippen molar-refractivity contribution in [3.05, 3.63) is 71.1 Å². The van der Waals surface area contributed by atoms with Gasteiger partial charge in [-0.1, -0.05) is 36.4 Å². The first-order chi connectivity index (χ1) is 10.3. The van der Waals surface area contributed by atoms with Crippen LogP contribution < -0.4 is 5.01 Å². The quantitative estimate of drug-likeness (QED) is 0.363. The van der Waals surface area contributed by atoms with Crippen LogP contribution in [0.25, 0.3) is 6.08 Å². The van der Waals surface area contributed by atoms with Crippen LogP contribution >= 0.6 is 0 Å². The van der Waals surface area contributed by atoms with Crippen LogP contribution in [0.2, 0.25) is 0 Å². The van der Waals surface area contributed by atoms with E-state index >= 15 is 0 Å². The number of anilines is 2. The SMILES string of the molecule is COC(=O)/C=C/c1ccccc1N(N=O)c1ccccc1. The van der Waals surface area contributed by atoms with Gasteiger partial charge in [0.05, 0.1) is 23.8 Å². The van der Waals surface area contributed by atoms with Crippen molar-refractivity contribution in [2.45, 2.75) is 0 Å². The van der Waals surface area contributed by atoms with E-state index in [4.69, 9.17) is 0 Å². The van der Waals surface area contributed by atoms with Crippen molar-refractivity contribution in [1.29, 1.82) is 0 Å². The molecule has 5 heteroatoms. The Labute approximate surface area is 122 Å². The Morgan fingerprint density at radius 1 is 1.10 bits per heavy atom. The number of hydrogen-bond donors (Lipinski definition) is 0. The number of esters is 1. The molecule has 2 rings (SSSR count). The second kappa shape index (κ2) is 7.00. The number of hydrogen-bond acceptors (Lipinski definition) is 4. The fraction of sp³-hybridized carbons (Fsp3) is 0.0625. The van der Waals surface area contributed by atoms with E-state index in [0.717, 1.165) is 0 Å². The molecule has 0 unspecified atom stereocenters. The minimum atomic E-state index is -0.463. The lowest BCUT2D eigenvalue weighted by atomic mass is 10.1. The van der Waals surface area contributed by atoms with Crippen molar-refractivity contribution in [2.75, 3.05) is 12.1 Å². The van der Waals surface area contributed by atoms with Crippen LogP contribution in [0.5, 0.6) is 0 Å². The normalized spacial score (nSPS) is 10.3. The van der Waals surface area contributed by atoms with Gasteiger partial charge in [0.25, 0.3) is 0 Å². The maximum absolute atomic E-state index is 11.2. The first-order valence-electron chi connectivity index (χ1n) is 6.30. The molecule has 0 aliphatic carbocycles. The number of carbonyl (C=O) groups is 1. The zero-order valence-corrected chi connectivity index (χ0v) is 11.5. The van der Waals surface area contributed by atoms with Crippen molar-refractivity contribution in [3.63, 3.8) is 0 Å². The molecule has 21 heavy (non-hydrogen) atoms. The first kappa shape index (κ1) is 14.5. The van der Waals surface area contributed by atoms with Crippen LogP contribution in [0.1, 0.15) is 5.56 Å². The molecule has 0 saturated heterocycles. The predicted octanol–water partition coefficient (Wildman–Crippen LogP) is 3.69. The zero-order valence-electron chi connectivity index (χ0n) is 11.5. The Morgan fingerprint density at radius 3 is 2.43 bits per heavy atom. The number of benzene rings is 2. The Hall–Kier alpha value is -2.95. The molecule has 0 heterocycles. The molecule has 2 aromatic rings. The summed E-state index contributed by atoms with van der Waals surface area (Å²) >= 11 is 0. The van der Waals surface area contributed by atoms with Crippen molar-refractivity contribution < 1.29 is 9.53 Å². The lowest BCUT2D eigenvalue weighted by Crippen LogP contribution is -2.08. The van der Waals surface area contributed by atoms with Crippen molar-refractivity contribution in [3.8, 4) is 0 Å². The van der Waals surface area contributed by atoms with Gasteiger partial charge in [0.15, 0.2) is 0 Å². The van der Waals surface area contributed by atoms with Crippen LogP contribution in [-0.2, 0) is 9.53 Å². The maximum atomic E-state index is 11.2. The Morgan fingerprint density at radius 2 is 1.76 bits per heavy atom. The number of para-hydroxylation sites is 2. The van der Waals surface area contributed by atoms with Crippen molar-refractivity contribution in [2.24, 2.45) is 5.29 Å². The molecule has 0 atom stereocenters. The molecule has 0 spiro atoms. The Kier molecular flexibility index (Phi) is 4.82. The summed E-state index contributed by atoms with van der Waals surface area (Å²) in [6.07, 6.45) is 2.88. The largest absolute Gasteiger partial charge is 0.466 e. The van der Waals surface area contributed by atoms with Gasteiger partial charge in [-0.25, -0.2) is 4.79 Å². The highest BCUT2D eigenvalue weighted by Crippen LogP contribution is 2.29. The summed E-state index contributed by atoms with van der Waals surface area (Å²) in [5, 5.41) is 4.34. The van der Waals surface area contributed by atoms with Gasteiger partial charge >= 0.3 is 5.97 Å². The second-order valence-electron chi connectivity index (χ2n) is 4.14. The topological polar surface area (TPSA) is 59.0 Å². The van der Waals surface area contributed by atoms with Gasteiger partial charge in [-0.3, -0.25) is 0 Å². The summed E-state index contributed by atoms with van der Waals surface area (Å²) in [5.41, 5.74) is 1.91. The van der Waals surface area contributed by atoms with E-state index < -0.39 is 5.97 Å². The number of carbonyl (C=O) groups excluding carboxylic acids is 1. The number of ether oxygens (including phenoxy) is 1. The van der Waals surface area contributed by atoms with Crippen LogP contribution in [0.3, 0.4) is 0 Å². The molecule has 106 valence electrons. The molecule has 0 bridgehead atoms. The summed E-state index contributed by atoms with van der Waals surface area (Å²) in [7, 11) is 1.31. The van der Waals surface area contributed by atoms with Gasteiger partial charge in [0.1, 0.15) is 0 Å². The van der Waals surface area contributed by atoms with Gasteiger partial charge in [-0.2, -0.15) is 5.01 Å². The fourth-order valence-electron chi connectivity index (χ4n) is 1.85. The van der Waals surface area contributed by atoms with Gasteiger partial charge in [0, 0.05) is 11.6 Å². The van der Waals surface area contributed by atoms with Gasteiger partial charge in [0.2, 0.25) is 0 Å². The van der Waals surface area contributed by atoms with E-state index in [1.54, 1.807) is 36.4 Å². The van der Waals surface area contributed by atoms with Crippen LogP contribution in [-0.4, -0.2) is 13.1 Å². The standard InChI is InChI=1S/C16H14N2O3/c1-21-16(19)12-11-13-7-5-6-10-15(13)18(17-20)14-8-3-2-4-9-14/h2-12H,1H3/b12-11+. The van der Waals surface area contributed by atoms with Crippen LogP contribution in [0.15, 0.2) is 66.0 Å². The van der Waals surface area contributed by atoms with E-state index in [-0.39, 0.29) is 0 Å². The molecular formula is C16H14N2O3. The molecule has 0 saturated carbocycles. The summed E-state index contributed by atoms with van der Waals surface area (Å²) < 4.78 is 4.56. The molecular weight excluding hydrogens is 268 g/mol. The van der Waals surface area contributed by atoms with E-state index in [2.05, 4.69) is 10.0 Å². The summed E-state index contributed by atoms with van der Waals surface area (Å²) in [6, 6.07) is 16.2. The third-order valence-corrected chi connectivity index (χ3v) is 2.85. The number of nitrogens with zero attached hydrogens (tertiary/aromatic N) is 2. The second-order valence-corrected chi connectivity index (χ2v) is 4.14. The lowest BCUT2D eigenvalue weighted by Gasteiger charge is -2.17. The van der Waals surface area contributed by atoms with E-state index in [1.165, 1.54) is 18.2 Å². The molecule has 2 aromatic carbocycles. The minimum Gasteiger partial charge on any atom is -0.466 e. The monoisotopic (exact) mass is 282 g/mol. The highest BCUT2D eigenvalue weighted by molar-refractivity contribution is 5.88. The minimum absolute atomic E-state index is 0.463. The highest BCUT2D eigenvalue weighted by Gasteiger charge is 2.12. The average molecular weight is 282 g/mol. The summed E-state index contributed by atoms with van der Waals surface area (Å²) in [4.78, 5) is 22.4. The molecule has 0 aliphatic heterocycles. The lowest BCUT2D eigenvalue weighted by molar-refractivity contribution is -0.134. The molecule has 0 N–H and O–H groups in total. The molecule has 0 aliphatic rings. The summed E-state index contributed by atoms with van der Waals surface area (Å²) in [6.45, 7) is 0. The van der Waals surface area contributed by atoms with Crippen molar-refractivity contribution in [1.82, 2.24) is 0 Å². The van der Waals surface area contributed by atoms with Crippen LogP contribution in [0.4, 0.5) is 11.4 Å². The third kappa shape index (κ3) is 3.54. The van der Waals surface area contributed by atoms with E-state index in [1.807, 2.05) is 24.3 Å². The van der Waals surface area contributed by atoms with Gasteiger partial charge < -0.3 is 4.74 Å². The molecule has 0 radical (unpaired) electrons. The molecule has 0 amide bonds. The summed E-state index contributed by atoms with van der Waals surface area (Å²) in [5.74, 6) is -0.463. The Balaban J connectivity index is 2.41. The predicted molar refractivity (Wildman–Crippen MR) is 81.9 cm³/mol. The maximum Gasteiger partial charge on any atom is 0.330 e. The third-order valence-electron chi connectivity index (χ3n) is 2.85. The average Bonchev–Trinajstić information content (AvgIpc) is 2.55. The van der Waals surface area contributed by atoms with E-state index in [0.29, 0.717) is 16.9 Å². The van der Waals surface area contributed by atoms with Crippen molar-refractivity contribution >= 4 is 23.4 Å². The smallest absolute Gasteiger partial charge is 0.330 e. The molecule has 5 nitrogen and oxygen atoms in total. The zero-order chi connectivity index (χ0) is 15.1. The van der Waals surface area contributed by atoms with E-state index in [9.17, 15) is 9.70 Å². The number of nitroso groups, excluding NO2 is 1. The number of methoxy groups -OCH3 is 1. The molecule has 0 fully saturated rings.